The van der Waals surface area contributed by atoms with Crippen molar-refractivity contribution >= 4 is 5.69 Å². The highest BCUT2D eigenvalue weighted by Gasteiger charge is 2.13. The van der Waals surface area contributed by atoms with Crippen LogP contribution in [0.25, 0.3) is 0 Å². The first kappa shape index (κ1) is 14.0. The van der Waals surface area contributed by atoms with Crippen LogP contribution < -0.4 is 10.1 Å². The van der Waals surface area contributed by atoms with Crippen LogP contribution in [-0.2, 0) is 4.74 Å². The van der Waals surface area contributed by atoms with Gasteiger partial charge in [-0.15, -0.1) is 0 Å². The van der Waals surface area contributed by atoms with Gasteiger partial charge in [0.05, 0.1) is 6.10 Å². The minimum Gasteiger partial charge on any atom is -0.457 e. The highest BCUT2D eigenvalue weighted by molar-refractivity contribution is 5.47. The fourth-order valence-electron chi connectivity index (χ4n) is 2.47. The number of ether oxygens (including phenoxy) is 2. The van der Waals surface area contributed by atoms with Crippen molar-refractivity contribution in [1.29, 1.82) is 0 Å². The largest absolute Gasteiger partial charge is 0.457 e. The molecule has 1 aliphatic rings. The Morgan fingerprint density at radius 2 is 1.71 bits per heavy atom. The molecule has 0 spiro atoms. The molecule has 0 radical (unpaired) electrons. The van der Waals surface area contributed by atoms with Crippen LogP contribution in [0.5, 0.6) is 11.5 Å². The summed E-state index contributed by atoms with van der Waals surface area (Å²) in [6.07, 6.45) is 3.97. The molecule has 0 amide bonds. The first-order valence-corrected chi connectivity index (χ1v) is 7.58. The normalized spacial score (nSPS) is 18.2. The summed E-state index contributed by atoms with van der Waals surface area (Å²) < 4.78 is 11.5. The summed E-state index contributed by atoms with van der Waals surface area (Å²) in [5.41, 5.74) is 1.10. The fourth-order valence-corrected chi connectivity index (χ4v) is 2.47. The van der Waals surface area contributed by atoms with Gasteiger partial charge >= 0.3 is 0 Å². The molecule has 0 saturated carbocycles. The van der Waals surface area contributed by atoms with Crippen LogP contribution in [0.1, 0.15) is 19.3 Å². The number of anilines is 1. The van der Waals surface area contributed by atoms with E-state index in [0.29, 0.717) is 6.10 Å². The van der Waals surface area contributed by atoms with Gasteiger partial charge in [0.2, 0.25) is 0 Å². The molecule has 110 valence electrons. The Morgan fingerprint density at radius 3 is 2.43 bits per heavy atom. The average Bonchev–Trinajstić information content (AvgIpc) is 2.56. The lowest BCUT2D eigenvalue weighted by molar-refractivity contribution is 0.0247. The van der Waals surface area contributed by atoms with Crippen LogP contribution in [0.4, 0.5) is 5.69 Å². The Labute approximate surface area is 125 Å². The van der Waals surface area contributed by atoms with E-state index in [1.54, 1.807) is 0 Å². The molecule has 3 rings (SSSR count). The average molecular weight is 283 g/mol. The molecule has 1 atom stereocenters. The van der Waals surface area contributed by atoms with E-state index in [9.17, 15) is 0 Å². The molecule has 1 unspecified atom stereocenters. The topological polar surface area (TPSA) is 30.5 Å². The van der Waals surface area contributed by atoms with E-state index in [1.807, 2.05) is 54.6 Å². The number of benzene rings is 2. The number of hydrogen-bond acceptors (Lipinski definition) is 3. The van der Waals surface area contributed by atoms with E-state index in [-0.39, 0.29) is 0 Å². The van der Waals surface area contributed by atoms with Crippen molar-refractivity contribution in [2.24, 2.45) is 0 Å². The Hall–Kier alpha value is -2.00. The SMILES string of the molecule is c1ccc(Oc2ccc(NCC3CCCCO3)cc2)cc1. The first-order chi connectivity index (χ1) is 10.4. The van der Waals surface area contributed by atoms with E-state index in [4.69, 9.17) is 9.47 Å². The summed E-state index contributed by atoms with van der Waals surface area (Å²) in [6, 6.07) is 17.9. The van der Waals surface area contributed by atoms with Crippen LogP contribution >= 0.6 is 0 Å². The summed E-state index contributed by atoms with van der Waals surface area (Å²) in [5, 5.41) is 3.42. The highest BCUT2D eigenvalue weighted by Crippen LogP contribution is 2.23. The third-order valence-electron chi connectivity index (χ3n) is 3.64. The van der Waals surface area contributed by atoms with Gasteiger partial charge in [0.1, 0.15) is 11.5 Å². The van der Waals surface area contributed by atoms with E-state index in [1.165, 1.54) is 12.8 Å². The smallest absolute Gasteiger partial charge is 0.127 e. The van der Waals surface area contributed by atoms with Crippen LogP contribution in [0.15, 0.2) is 54.6 Å². The molecular formula is C18H21NO2. The Kier molecular flexibility index (Phi) is 4.74. The summed E-state index contributed by atoms with van der Waals surface area (Å²) in [4.78, 5) is 0. The van der Waals surface area contributed by atoms with Crippen molar-refractivity contribution in [2.75, 3.05) is 18.5 Å². The zero-order chi connectivity index (χ0) is 14.3. The number of nitrogens with one attached hydrogen (secondary N) is 1. The summed E-state index contributed by atoms with van der Waals surface area (Å²) in [6.45, 7) is 1.77. The summed E-state index contributed by atoms with van der Waals surface area (Å²) >= 11 is 0. The molecule has 0 aliphatic carbocycles. The Morgan fingerprint density at radius 1 is 0.952 bits per heavy atom. The van der Waals surface area contributed by atoms with Gasteiger partial charge in [-0.2, -0.15) is 0 Å². The Bertz CT molecular complexity index is 533. The second-order valence-corrected chi connectivity index (χ2v) is 5.31. The summed E-state index contributed by atoms with van der Waals surface area (Å²) in [5.74, 6) is 1.70. The third-order valence-corrected chi connectivity index (χ3v) is 3.64. The predicted octanol–water partition coefficient (Wildman–Crippen LogP) is 4.46. The monoisotopic (exact) mass is 283 g/mol. The van der Waals surface area contributed by atoms with Gasteiger partial charge < -0.3 is 14.8 Å². The molecule has 2 aromatic carbocycles. The van der Waals surface area contributed by atoms with Gasteiger partial charge in [-0.3, -0.25) is 0 Å². The Balaban J connectivity index is 1.51. The van der Waals surface area contributed by atoms with Crippen molar-refractivity contribution in [2.45, 2.75) is 25.4 Å². The van der Waals surface area contributed by atoms with Gasteiger partial charge in [-0.05, 0) is 55.7 Å². The van der Waals surface area contributed by atoms with Crippen LogP contribution in [0.2, 0.25) is 0 Å². The molecule has 0 aromatic heterocycles. The van der Waals surface area contributed by atoms with Crippen molar-refractivity contribution in [3.63, 3.8) is 0 Å². The molecule has 1 saturated heterocycles. The van der Waals surface area contributed by atoms with Crippen LogP contribution in [-0.4, -0.2) is 19.3 Å². The number of para-hydroxylation sites is 1. The van der Waals surface area contributed by atoms with E-state index >= 15 is 0 Å². The summed E-state index contributed by atoms with van der Waals surface area (Å²) in [7, 11) is 0. The van der Waals surface area contributed by atoms with Gasteiger partial charge in [0.15, 0.2) is 0 Å². The van der Waals surface area contributed by atoms with Gasteiger partial charge in [-0.1, -0.05) is 18.2 Å². The van der Waals surface area contributed by atoms with E-state index in [0.717, 1.165) is 36.8 Å². The molecule has 1 fully saturated rings. The molecule has 21 heavy (non-hydrogen) atoms. The molecule has 1 heterocycles. The molecule has 1 aliphatic heterocycles. The highest BCUT2D eigenvalue weighted by atomic mass is 16.5. The minimum atomic E-state index is 0.346. The second kappa shape index (κ2) is 7.14. The van der Waals surface area contributed by atoms with E-state index < -0.39 is 0 Å². The standard InChI is InChI=1S/C18H21NO2/c1-2-6-16(7-3-1)21-17-11-9-15(10-12-17)19-14-18-8-4-5-13-20-18/h1-3,6-7,9-12,18-19H,4-5,8,13-14H2. The van der Waals surface area contributed by atoms with E-state index in [2.05, 4.69) is 5.32 Å². The van der Waals surface area contributed by atoms with Crippen molar-refractivity contribution in [3.8, 4) is 11.5 Å². The number of hydrogen-bond donors (Lipinski definition) is 1. The molecule has 1 N–H and O–H groups in total. The predicted molar refractivity (Wildman–Crippen MR) is 85.0 cm³/mol. The lowest BCUT2D eigenvalue weighted by Crippen LogP contribution is -2.26. The fraction of sp³-hybridized carbons (Fsp3) is 0.333. The van der Waals surface area contributed by atoms with Crippen molar-refractivity contribution in [3.05, 3.63) is 54.6 Å². The molecule has 2 aromatic rings. The molecule has 0 bridgehead atoms. The first-order valence-electron chi connectivity index (χ1n) is 7.58. The molecular weight excluding hydrogens is 262 g/mol. The van der Waals surface area contributed by atoms with Gasteiger partial charge in [-0.25, -0.2) is 0 Å². The maximum absolute atomic E-state index is 5.78. The lowest BCUT2D eigenvalue weighted by Gasteiger charge is -2.23. The minimum absolute atomic E-state index is 0.346. The quantitative estimate of drug-likeness (QED) is 0.878. The zero-order valence-corrected chi connectivity index (χ0v) is 12.1. The molecule has 3 heteroatoms. The van der Waals surface area contributed by atoms with Gasteiger partial charge in [0, 0.05) is 18.8 Å². The maximum Gasteiger partial charge on any atom is 0.127 e. The van der Waals surface area contributed by atoms with Gasteiger partial charge in [0.25, 0.3) is 0 Å². The van der Waals surface area contributed by atoms with Crippen molar-refractivity contribution < 1.29 is 9.47 Å². The number of rotatable bonds is 5. The third kappa shape index (κ3) is 4.23. The van der Waals surface area contributed by atoms with Crippen LogP contribution in [0.3, 0.4) is 0 Å². The van der Waals surface area contributed by atoms with Crippen LogP contribution in [0, 0.1) is 0 Å². The lowest BCUT2D eigenvalue weighted by atomic mass is 10.1. The zero-order valence-electron chi connectivity index (χ0n) is 12.1. The maximum atomic E-state index is 5.78. The molecule has 3 nitrogen and oxygen atoms in total. The second-order valence-electron chi connectivity index (χ2n) is 5.31. The van der Waals surface area contributed by atoms with Crippen molar-refractivity contribution in [1.82, 2.24) is 0 Å².